The molecule has 0 aromatic heterocycles. The van der Waals surface area contributed by atoms with Crippen molar-refractivity contribution in [3.63, 3.8) is 0 Å². The Kier molecular flexibility index (Phi) is 3.48. The molecule has 1 fully saturated rings. The van der Waals surface area contributed by atoms with Gasteiger partial charge in [0.2, 0.25) is 0 Å². The Bertz CT molecular complexity index is 455. The molecule has 3 rings (SSSR count). The van der Waals surface area contributed by atoms with Crippen LogP contribution in [0.2, 0.25) is 0 Å². The summed E-state index contributed by atoms with van der Waals surface area (Å²) in [5, 5.41) is 23.3. The number of phenolic OH excluding ortho intramolecular Hbond substituents is 1. The summed E-state index contributed by atoms with van der Waals surface area (Å²) in [5.74, 6) is 0.335. The summed E-state index contributed by atoms with van der Waals surface area (Å²) in [4.78, 5) is 0. The van der Waals surface area contributed by atoms with Gasteiger partial charge in [-0.3, -0.25) is 0 Å². The second-order valence-corrected chi connectivity index (χ2v) is 5.74. The molecular formula is C15H21NO3. The summed E-state index contributed by atoms with van der Waals surface area (Å²) >= 11 is 0. The first-order valence-corrected chi connectivity index (χ1v) is 7.02. The van der Waals surface area contributed by atoms with E-state index >= 15 is 0 Å². The van der Waals surface area contributed by atoms with E-state index in [0.717, 1.165) is 19.3 Å². The summed E-state index contributed by atoms with van der Waals surface area (Å²) < 4.78 is 5.26. The van der Waals surface area contributed by atoms with Crippen molar-refractivity contribution < 1.29 is 14.9 Å². The second-order valence-electron chi connectivity index (χ2n) is 5.74. The van der Waals surface area contributed by atoms with Gasteiger partial charge in [-0.15, -0.1) is 0 Å². The van der Waals surface area contributed by atoms with Crippen LogP contribution >= 0.6 is 0 Å². The molecule has 1 aliphatic heterocycles. The van der Waals surface area contributed by atoms with Crippen LogP contribution in [0.15, 0.2) is 18.2 Å². The van der Waals surface area contributed by atoms with Crippen LogP contribution in [0.25, 0.3) is 0 Å². The lowest BCUT2D eigenvalue weighted by molar-refractivity contribution is 0.0243. The van der Waals surface area contributed by atoms with Gasteiger partial charge in [0.05, 0.1) is 6.61 Å². The van der Waals surface area contributed by atoms with Crippen molar-refractivity contribution in [1.82, 2.24) is 5.32 Å². The van der Waals surface area contributed by atoms with E-state index in [0.29, 0.717) is 31.9 Å². The molecule has 0 spiro atoms. The minimum atomic E-state index is -0.714. The topological polar surface area (TPSA) is 61.7 Å². The number of rotatable bonds is 3. The molecule has 0 amide bonds. The van der Waals surface area contributed by atoms with E-state index in [-0.39, 0.29) is 6.04 Å². The largest absolute Gasteiger partial charge is 0.508 e. The van der Waals surface area contributed by atoms with Crippen molar-refractivity contribution in [2.45, 2.75) is 37.3 Å². The Morgan fingerprint density at radius 1 is 1.42 bits per heavy atom. The van der Waals surface area contributed by atoms with Crippen molar-refractivity contribution in [3.05, 3.63) is 29.3 Å². The predicted octanol–water partition coefficient (Wildman–Crippen LogP) is 1.51. The van der Waals surface area contributed by atoms with Gasteiger partial charge in [0.1, 0.15) is 11.4 Å². The normalized spacial score (nSPS) is 30.3. The lowest BCUT2D eigenvalue weighted by Crippen LogP contribution is -2.43. The molecule has 1 saturated heterocycles. The summed E-state index contributed by atoms with van der Waals surface area (Å²) in [6.45, 7) is 1.64. The summed E-state index contributed by atoms with van der Waals surface area (Å²) in [7, 11) is 0. The quantitative estimate of drug-likeness (QED) is 0.773. The van der Waals surface area contributed by atoms with E-state index in [1.54, 1.807) is 6.07 Å². The Morgan fingerprint density at radius 3 is 3.11 bits per heavy atom. The number of ether oxygens (including phenoxy) is 1. The highest BCUT2D eigenvalue weighted by molar-refractivity contribution is 5.38. The number of hydrogen-bond donors (Lipinski definition) is 3. The highest BCUT2D eigenvalue weighted by Gasteiger charge is 2.33. The van der Waals surface area contributed by atoms with Crippen molar-refractivity contribution in [2.75, 3.05) is 19.8 Å². The van der Waals surface area contributed by atoms with E-state index in [1.165, 1.54) is 11.1 Å². The zero-order valence-electron chi connectivity index (χ0n) is 11.1. The van der Waals surface area contributed by atoms with E-state index < -0.39 is 5.60 Å². The van der Waals surface area contributed by atoms with E-state index in [9.17, 15) is 10.2 Å². The average Bonchev–Trinajstić information content (AvgIpc) is 2.83. The molecule has 4 nitrogen and oxygen atoms in total. The number of aromatic hydroxyl groups is 1. The van der Waals surface area contributed by atoms with Gasteiger partial charge in [-0.25, -0.2) is 0 Å². The number of benzene rings is 1. The number of aliphatic hydroxyl groups is 1. The predicted molar refractivity (Wildman–Crippen MR) is 72.2 cm³/mol. The van der Waals surface area contributed by atoms with Crippen LogP contribution in [0, 0.1) is 0 Å². The molecular weight excluding hydrogens is 242 g/mol. The molecule has 0 radical (unpaired) electrons. The monoisotopic (exact) mass is 263 g/mol. The summed E-state index contributed by atoms with van der Waals surface area (Å²) in [6.07, 6.45) is 3.92. The molecule has 1 aromatic carbocycles. The summed E-state index contributed by atoms with van der Waals surface area (Å²) in [6, 6.07) is 5.87. The van der Waals surface area contributed by atoms with Gasteiger partial charge in [-0.2, -0.15) is 0 Å². The van der Waals surface area contributed by atoms with Crippen molar-refractivity contribution in [2.24, 2.45) is 0 Å². The number of hydrogen-bond acceptors (Lipinski definition) is 4. The maximum atomic E-state index is 10.3. The number of fused-ring (bicyclic) bond motifs is 1. The Labute approximate surface area is 113 Å². The third kappa shape index (κ3) is 2.76. The first-order chi connectivity index (χ1) is 9.16. The molecule has 1 aromatic rings. The fourth-order valence-corrected chi connectivity index (χ4v) is 3.06. The second kappa shape index (κ2) is 5.12. The average molecular weight is 263 g/mol. The number of nitrogens with one attached hydrogen (secondary N) is 1. The fraction of sp³-hybridized carbons (Fsp3) is 0.600. The number of phenols is 1. The zero-order chi connectivity index (χ0) is 13.3. The van der Waals surface area contributed by atoms with Crippen molar-refractivity contribution >= 4 is 0 Å². The smallest absolute Gasteiger partial charge is 0.115 e. The molecule has 2 unspecified atom stereocenters. The molecule has 0 bridgehead atoms. The van der Waals surface area contributed by atoms with E-state index in [1.807, 2.05) is 12.1 Å². The van der Waals surface area contributed by atoms with Gasteiger partial charge >= 0.3 is 0 Å². The molecule has 19 heavy (non-hydrogen) atoms. The van der Waals surface area contributed by atoms with Gasteiger partial charge in [0, 0.05) is 25.6 Å². The molecule has 2 atom stereocenters. The van der Waals surface area contributed by atoms with Gasteiger partial charge in [0.25, 0.3) is 0 Å². The van der Waals surface area contributed by atoms with Gasteiger partial charge in [-0.1, -0.05) is 6.07 Å². The van der Waals surface area contributed by atoms with Crippen LogP contribution in [-0.4, -0.2) is 35.6 Å². The third-order valence-electron chi connectivity index (χ3n) is 4.20. The van der Waals surface area contributed by atoms with Gasteiger partial charge in [-0.05, 0) is 42.5 Å². The summed E-state index contributed by atoms with van der Waals surface area (Å²) in [5.41, 5.74) is 1.76. The molecule has 1 aliphatic carbocycles. The lowest BCUT2D eigenvalue weighted by atomic mass is 9.87. The van der Waals surface area contributed by atoms with Gasteiger partial charge in [0.15, 0.2) is 0 Å². The molecule has 3 N–H and O–H groups in total. The van der Waals surface area contributed by atoms with Crippen LogP contribution in [0.5, 0.6) is 5.75 Å². The molecule has 0 saturated carbocycles. The highest BCUT2D eigenvalue weighted by atomic mass is 16.5. The maximum Gasteiger partial charge on any atom is 0.115 e. The Hall–Kier alpha value is -1.10. The van der Waals surface area contributed by atoms with Crippen LogP contribution in [0.4, 0.5) is 0 Å². The lowest BCUT2D eigenvalue weighted by Gasteiger charge is -2.30. The SMILES string of the molecule is Oc1ccc2c(c1)CCCC2NCC1(O)CCOC1. The van der Waals surface area contributed by atoms with Crippen molar-refractivity contribution in [1.29, 1.82) is 0 Å². The van der Waals surface area contributed by atoms with E-state index in [4.69, 9.17) is 4.74 Å². The minimum absolute atomic E-state index is 0.272. The van der Waals surface area contributed by atoms with Crippen LogP contribution < -0.4 is 5.32 Å². The first kappa shape index (κ1) is 12.9. The number of aryl methyl sites for hydroxylation is 1. The first-order valence-electron chi connectivity index (χ1n) is 7.02. The minimum Gasteiger partial charge on any atom is -0.508 e. The third-order valence-corrected chi connectivity index (χ3v) is 4.20. The standard InChI is InChI=1S/C15H21NO3/c17-12-4-5-13-11(8-12)2-1-3-14(13)16-9-15(18)6-7-19-10-15/h4-5,8,14,16-18H,1-3,6-7,9-10H2. The molecule has 4 heteroatoms. The van der Waals surface area contributed by atoms with Gasteiger partial charge < -0.3 is 20.3 Å². The maximum absolute atomic E-state index is 10.3. The fourth-order valence-electron chi connectivity index (χ4n) is 3.06. The van der Waals surface area contributed by atoms with E-state index in [2.05, 4.69) is 5.32 Å². The molecule has 104 valence electrons. The highest BCUT2D eigenvalue weighted by Crippen LogP contribution is 2.32. The Balaban J connectivity index is 1.69. The molecule has 2 aliphatic rings. The molecule has 1 heterocycles. The van der Waals surface area contributed by atoms with Crippen LogP contribution in [0.1, 0.15) is 36.4 Å². The van der Waals surface area contributed by atoms with Crippen LogP contribution in [0.3, 0.4) is 0 Å². The zero-order valence-corrected chi connectivity index (χ0v) is 11.1. The van der Waals surface area contributed by atoms with Crippen molar-refractivity contribution in [3.8, 4) is 5.75 Å². The van der Waals surface area contributed by atoms with Crippen LogP contribution in [-0.2, 0) is 11.2 Å². The Morgan fingerprint density at radius 2 is 2.32 bits per heavy atom.